The van der Waals surface area contributed by atoms with Crippen molar-refractivity contribution < 1.29 is 4.79 Å². The first-order valence-electron chi connectivity index (χ1n) is 11.5. The first-order valence-corrected chi connectivity index (χ1v) is 11.5. The molecule has 3 heterocycles. The van der Waals surface area contributed by atoms with Gasteiger partial charge in [0.2, 0.25) is 5.91 Å². The van der Waals surface area contributed by atoms with Crippen LogP contribution in [0, 0.1) is 6.92 Å². The van der Waals surface area contributed by atoms with E-state index in [-0.39, 0.29) is 5.91 Å². The molecule has 1 aliphatic rings. The Morgan fingerprint density at radius 1 is 1.03 bits per heavy atom. The molecule has 0 saturated carbocycles. The summed E-state index contributed by atoms with van der Waals surface area (Å²) in [7, 11) is 0. The van der Waals surface area contributed by atoms with Crippen LogP contribution in [0.25, 0.3) is 16.7 Å². The van der Waals surface area contributed by atoms with E-state index in [2.05, 4.69) is 24.0 Å². The Kier molecular flexibility index (Phi) is 6.49. The van der Waals surface area contributed by atoms with Gasteiger partial charge in [-0.3, -0.25) is 4.79 Å². The molecule has 1 amide bonds. The highest BCUT2D eigenvalue weighted by atomic mass is 16.2. The lowest BCUT2D eigenvalue weighted by atomic mass is 10.2. The van der Waals surface area contributed by atoms with Crippen LogP contribution in [-0.2, 0) is 11.2 Å². The van der Waals surface area contributed by atoms with Gasteiger partial charge in [0.15, 0.2) is 5.65 Å². The highest BCUT2D eigenvalue weighted by molar-refractivity contribution is 5.91. The van der Waals surface area contributed by atoms with Gasteiger partial charge in [-0.05, 0) is 31.9 Å². The first kappa shape index (κ1) is 21.3. The Morgan fingerprint density at radius 2 is 1.84 bits per heavy atom. The van der Waals surface area contributed by atoms with Gasteiger partial charge in [0, 0.05) is 39.0 Å². The van der Waals surface area contributed by atoms with Crippen molar-refractivity contribution in [2.75, 3.05) is 31.1 Å². The van der Waals surface area contributed by atoms with Gasteiger partial charge < -0.3 is 9.80 Å². The molecule has 3 aromatic rings. The molecule has 0 unspecified atom stereocenters. The molecular weight excluding hydrogens is 388 g/mol. The first-order chi connectivity index (χ1) is 15.1. The number of unbranched alkanes of at least 4 members (excludes halogenated alkanes) is 1. The van der Waals surface area contributed by atoms with Crippen molar-refractivity contribution in [2.24, 2.45) is 0 Å². The molecular formula is C24H32N6O. The standard InChI is InChI=1S/C24H32N6O/c1-4-6-13-20-25-23(29-15-10-14-28(16-17-29)21(31)5-2)22-18(3)27-30(24(22)26-20)19-11-8-7-9-12-19/h7-9,11-12H,4-6,10,13-17H2,1-3H3. The number of nitrogens with zero attached hydrogens (tertiary/aromatic N) is 6. The fraction of sp³-hybridized carbons (Fsp3) is 0.500. The van der Waals surface area contributed by atoms with Crippen LogP contribution in [0.1, 0.15) is 51.0 Å². The highest BCUT2D eigenvalue weighted by Crippen LogP contribution is 2.30. The van der Waals surface area contributed by atoms with Crippen LogP contribution in [-0.4, -0.2) is 56.7 Å². The van der Waals surface area contributed by atoms with Gasteiger partial charge in [0.05, 0.1) is 16.8 Å². The Balaban J connectivity index is 1.78. The predicted molar refractivity (Wildman–Crippen MR) is 124 cm³/mol. The molecule has 0 bridgehead atoms. The molecule has 1 saturated heterocycles. The van der Waals surface area contributed by atoms with Crippen molar-refractivity contribution in [3.8, 4) is 5.69 Å². The lowest BCUT2D eigenvalue weighted by Gasteiger charge is -2.24. The van der Waals surface area contributed by atoms with E-state index in [4.69, 9.17) is 15.1 Å². The molecule has 2 aromatic heterocycles. The van der Waals surface area contributed by atoms with E-state index in [9.17, 15) is 4.79 Å². The number of hydrogen-bond acceptors (Lipinski definition) is 5. The third-order valence-electron chi connectivity index (χ3n) is 5.93. The summed E-state index contributed by atoms with van der Waals surface area (Å²) >= 11 is 0. The molecule has 31 heavy (non-hydrogen) atoms. The number of carbonyl (C=O) groups is 1. The summed E-state index contributed by atoms with van der Waals surface area (Å²) in [4.78, 5) is 26.5. The maximum Gasteiger partial charge on any atom is 0.222 e. The monoisotopic (exact) mass is 420 g/mol. The van der Waals surface area contributed by atoms with Crippen molar-refractivity contribution in [3.05, 3.63) is 41.9 Å². The number of hydrogen-bond donors (Lipinski definition) is 0. The lowest BCUT2D eigenvalue weighted by molar-refractivity contribution is -0.130. The maximum atomic E-state index is 12.2. The van der Waals surface area contributed by atoms with Crippen molar-refractivity contribution in [2.45, 2.75) is 52.9 Å². The fourth-order valence-corrected chi connectivity index (χ4v) is 4.23. The second kappa shape index (κ2) is 9.45. The molecule has 4 rings (SSSR count). The number of fused-ring (bicyclic) bond motifs is 1. The highest BCUT2D eigenvalue weighted by Gasteiger charge is 2.24. The van der Waals surface area contributed by atoms with Crippen molar-refractivity contribution >= 4 is 22.8 Å². The molecule has 1 aromatic carbocycles. The van der Waals surface area contributed by atoms with Gasteiger partial charge in [-0.2, -0.15) is 5.10 Å². The van der Waals surface area contributed by atoms with Gasteiger partial charge in [-0.25, -0.2) is 14.6 Å². The van der Waals surface area contributed by atoms with E-state index in [0.29, 0.717) is 6.42 Å². The Bertz CT molecular complexity index is 1050. The van der Waals surface area contributed by atoms with Crippen LogP contribution in [0.15, 0.2) is 30.3 Å². The van der Waals surface area contributed by atoms with Gasteiger partial charge in [-0.1, -0.05) is 38.5 Å². The third kappa shape index (κ3) is 4.40. The molecule has 7 nitrogen and oxygen atoms in total. The minimum atomic E-state index is 0.228. The summed E-state index contributed by atoms with van der Waals surface area (Å²) in [5.74, 6) is 2.06. The van der Waals surface area contributed by atoms with Gasteiger partial charge in [0.25, 0.3) is 0 Å². The van der Waals surface area contributed by atoms with Gasteiger partial charge >= 0.3 is 0 Å². The summed E-state index contributed by atoms with van der Waals surface area (Å²) < 4.78 is 1.94. The van der Waals surface area contributed by atoms with E-state index >= 15 is 0 Å². The molecule has 0 spiro atoms. The Morgan fingerprint density at radius 3 is 2.58 bits per heavy atom. The van der Waals surface area contributed by atoms with E-state index in [0.717, 1.165) is 85.9 Å². The zero-order chi connectivity index (χ0) is 21.8. The van der Waals surface area contributed by atoms with E-state index in [1.165, 1.54) is 0 Å². The summed E-state index contributed by atoms with van der Waals surface area (Å²) in [6.45, 7) is 9.35. The van der Waals surface area contributed by atoms with Crippen LogP contribution in [0.4, 0.5) is 5.82 Å². The average Bonchev–Trinajstić information content (AvgIpc) is 2.97. The largest absolute Gasteiger partial charge is 0.354 e. The minimum Gasteiger partial charge on any atom is -0.354 e. The number of aromatic nitrogens is 4. The van der Waals surface area contributed by atoms with E-state index in [1.807, 2.05) is 41.6 Å². The molecule has 1 aliphatic heterocycles. The SMILES string of the molecule is CCCCc1nc(N2CCCN(C(=O)CC)CC2)c2c(C)nn(-c3ccccc3)c2n1. The zero-order valence-corrected chi connectivity index (χ0v) is 18.8. The van der Waals surface area contributed by atoms with Crippen LogP contribution < -0.4 is 4.90 Å². The Labute approximate surface area is 184 Å². The molecule has 0 N–H and O–H groups in total. The van der Waals surface area contributed by atoms with Crippen LogP contribution in [0.2, 0.25) is 0 Å². The second-order valence-electron chi connectivity index (χ2n) is 8.17. The number of anilines is 1. The summed E-state index contributed by atoms with van der Waals surface area (Å²) in [5, 5.41) is 5.85. The normalized spacial score (nSPS) is 14.8. The van der Waals surface area contributed by atoms with Crippen molar-refractivity contribution in [3.63, 3.8) is 0 Å². The maximum absolute atomic E-state index is 12.2. The van der Waals surface area contributed by atoms with Gasteiger partial charge in [0.1, 0.15) is 11.6 Å². The Hall–Kier alpha value is -2.96. The van der Waals surface area contributed by atoms with Crippen LogP contribution >= 0.6 is 0 Å². The number of rotatable bonds is 6. The quantitative estimate of drug-likeness (QED) is 0.605. The molecule has 1 fully saturated rings. The topological polar surface area (TPSA) is 67.2 Å². The van der Waals surface area contributed by atoms with Gasteiger partial charge in [-0.15, -0.1) is 0 Å². The summed E-state index contributed by atoms with van der Waals surface area (Å²) in [6, 6.07) is 10.2. The number of carbonyl (C=O) groups excluding carboxylic acids is 1. The number of aryl methyl sites for hydroxylation is 2. The van der Waals surface area contributed by atoms with Crippen molar-refractivity contribution in [1.29, 1.82) is 0 Å². The molecule has 164 valence electrons. The molecule has 7 heteroatoms. The van der Waals surface area contributed by atoms with Crippen LogP contribution in [0.5, 0.6) is 0 Å². The van der Waals surface area contributed by atoms with Crippen molar-refractivity contribution in [1.82, 2.24) is 24.6 Å². The van der Waals surface area contributed by atoms with E-state index < -0.39 is 0 Å². The summed E-state index contributed by atoms with van der Waals surface area (Å²) in [5.41, 5.74) is 2.80. The summed E-state index contributed by atoms with van der Waals surface area (Å²) in [6.07, 6.45) is 4.51. The molecule has 0 atom stereocenters. The number of para-hydroxylation sites is 1. The smallest absolute Gasteiger partial charge is 0.222 e. The number of amides is 1. The number of benzene rings is 1. The van der Waals surface area contributed by atoms with E-state index in [1.54, 1.807) is 0 Å². The fourth-order valence-electron chi connectivity index (χ4n) is 4.23. The molecule has 0 radical (unpaired) electrons. The zero-order valence-electron chi connectivity index (χ0n) is 18.8. The lowest BCUT2D eigenvalue weighted by Crippen LogP contribution is -2.35. The average molecular weight is 421 g/mol. The minimum absolute atomic E-state index is 0.228. The van der Waals surface area contributed by atoms with Crippen LogP contribution in [0.3, 0.4) is 0 Å². The third-order valence-corrected chi connectivity index (χ3v) is 5.93. The predicted octanol–water partition coefficient (Wildman–Crippen LogP) is 3.92. The molecule has 0 aliphatic carbocycles. The second-order valence-corrected chi connectivity index (χ2v) is 8.17.